The van der Waals surface area contributed by atoms with Crippen molar-refractivity contribution in [2.45, 2.75) is 46.3 Å². The second-order valence-electron chi connectivity index (χ2n) is 6.75. The molecule has 1 amide bonds. The first-order chi connectivity index (χ1) is 9.86. The molecule has 1 aliphatic rings. The van der Waals surface area contributed by atoms with E-state index in [9.17, 15) is 4.79 Å². The smallest absolute Gasteiger partial charge is 0.228 e. The summed E-state index contributed by atoms with van der Waals surface area (Å²) in [5.41, 5.74) is 7.57. The van der Waals surface area contributed by atoms with Crippen molar-refractivity contribution in [1.29, 1.82) is 0 Å². The van der Waals surface area contributed by atoms with Gasteiger partial charge in [-0.25, -0.2) is 0 Å². The first-order valence-corrected chi connectivity index (χ1v) is 7.62. The Kier molecular flexibility index (Phi) is 4.69. The van der Waals surface area contributed by atoms with Gasteiger partial charge in [-0.3, -0.25) is 4.79 Å². The monoisotopic (exact) mass is 290 g/mol. The zero-order valence-corrected chi connectivity index (χ0v) is 13.1. The summed E-state index contributed by atoms with van der Waals surface area (Å²) < 4.78 is 0. The lowest BCUT2D eigenvalue weighted by molar-refractivity contribution is -0.127. The molecule has 0 aromatic heterocycles. The van der Waals surface area contributed by atoms with Crippen LogP contribution in [0.1, 0.15) is 39.2 Å². The van der Waals surface area contributed by atoms with Gasteiger partial charge in [0.15, 0.2) is 0 Å². The number of anilines is 1. The van der Waals surface area contributed by atoms with E-state index in [1.807, 2.05) is 24.3 Å². The van der Waals surface area contributed by atoms with Crippen LogP contribution in [0.2, 0.25) is 0 Å². The molecule has 2 rings (SSSR count). The summed E-state index contributed by atoms with van der Waals surface area (Å²) in [6.07, 6.45) is 1.71. The predicted molar refractivity (Wildman–Crippen MR) is 84.6 cm³/mol. The van der Waals surface area contributed by atoms with Gasteiger partial charge >= 0.3 is 0 Å². The van der Waals surface area contributed by atoms with E-state index in [4.69, 9.17) is 10.8 Å². The molecule has 0 bridgehead atoms. The second-order valence-corrected chi connectivity index (χ2v) is 6.75. The van der Waals surface area contributed by atoms with Gasteiger partial charge in [0.1, 0.15) is 0 Å². The summed E-state index contributed by atoms with van der Waals surface area (Å²) in [6, 6.07) is 7.50. The lowest BCUT2D eigenvalue weighted by Crippen LogP contribution is -2.50. The van der Waals surface area contributed by atoms with E-state index in [-0.39, 0.29) is 29.9 Å². The van der Waals surface area contributed by atoms with E-state index in [2.05, 4.69) is 26.1 Å². The molecule has 0 saturated heterocycles. The van der Waals surface area contributed by atoms with Crippen molar-refractivity contribution >= 4 is 11.6 Å². The molecular weight excluding hydrogens is 264 g/mol. The average molecular weight is 290 g/mol. The highest BCUT2D eigenvalue weighted by Gasteiger charge is 2.44. The third kappa shape index (κ3) is 3.27. The van der Waals surface area contributed by atoms with E-state index >= 15 is 0 Å². The topological polar surface area (TPSA) is 75.4 Å². The Morgan fingerprint density at radius 1 is 1.43 bits per heavy atom. The molecule has 1 aliphatic carbocycles. The van der Waals surface area contributed by atoms with Crippen molar-refractivity contribution in [2.75, 3.05) is 5.32 Å². The van der Waals surface area contributed by atoms with Crippen LogP contribution >= 0.6 is 0 Å². The summed E-state index contributed by atoms with van der Waals surface area (Å²) in [7, 11) is 0. The van der Waals surface area contributed by atoms with Gasteiger partial charge in [-0.15, -0.1) is 0 Å². The summed E-state index contributed by atoms with van der Waals surface area (Å²) >= 11 is 0. The SMILES string of the molecule is CC1C(N)CCC(C(=O)Nc2cccc(CO)c2)C1(C)C. The molecule has 3 unspecified atom stereocenters. The van der Waals surface area contributed by atoms with Crippen molar-refractivity contribution < 1.29 is 9.90 Å². The molecule has 21 heavy (non-hydrogen) atoms. The first-order valence-electron chi connectivity index (χ1n) is 7.62. The highest BCUT2D eigenvalue weighted by atomic mass is 16.3. The van der Waals surface area contributed by atoms with Crippen LogP contribution < -0.4 is 11.1 Å². The van der Waals surface area contributed by atoms with Gasteiger partial charge < -0.3 is 16.2 Å². The molecule has 4 N–H and O–H groups in total. The van der Waals surface area contributed by atoms with Crippen LogP contribution in [0.4, 0.5) is 5.69 Å². The summed E-state index contributed by atoms with van der Waals surface area (Å²) in [4.78, 5) is 12.6. The van der Waals surface area contributed by atoms with E-state index in [1.165, 1.54) is 0 Å². The fourth-order valence-corrected chi connectivity index (χ4v) is 3.30. The summed E-state index contributed by atoms with van der Waals surface area (Å²) in [5.74, 6) is 0.324. The number of nitrogens with one attached hydrogen (secondary N) is 1. The van der Waals surface area contributed by atoms with Crippen LogP contribution in [-0.4, -0.2) is 17.1 Å². The Bertz CT molecular complexity index is 513. The molecule has 4 nitrogen and oxygen atoms in total. The molecule has 0 radical (unpaired) electrons. The van der Waals surface area contributed by atoms with Crippen molar-refractivity contribution in [3.63, 3.8) is 0 Å². The number of aliphatic hydroxyl groups is 1. The number of rotatable bonds is 3. The lowest BCUT2D eigenvalue weighted by atomic mass is 9.61. The Balaban J connectivity index is 2.12. The van der Waals surface area contributed by atoms with Gasteiger partial charge in [-0.05, 0) is 41.9 Å². The molecule has 116 valence electrons. The Morgan fingerprint density at radius 2 is 2.14 bits per heavy atom. The number of hydrogen-bond acceptors (Lipinski definition) is 3. The normalized spacial score (nSPS) is 28.1. The molecule has 0 heterocycles. The molecule has 1 fully saturated rings. The maximum Gasteiger partial charge on any atom is 0.228 e. The number of nitrogens with two attached hydrogens (primary N) is 1. The van der Waals surface area contributed by atoms with Crippen molar-refractivity contribution in [2.24, 2.45) is 23.0 Å². The molecule has 0 aliphatic heterocycles. The van der Waals surface area contributed by atoms with Gasteiger partial charge in [0.2, 0.25) is 5.91 Å². The molecule has 0 spiro atoms. The van der Waals surface area contributed by atoms with Gasteiger partial charge in [0.05, 0.1) is 6.61 Å². The van der Waals surface area contributed by atoms with E-state index in [1.54, 1.807) is 0 Å². The van der Waals surface area contributed by atoms with Crippen LogP contribution in [0, 0.1) is 17.3 Å². The predicted octanol–water partition coefficient (Wildman–Crippen LogP) is 2.52. The zero-order chi connectivity index (χ0) is 15.6. The maximum absolute atomic E-state index is 12.6. The number of hydrogen-bond donors (Lipinski definition) is 3. The van der Waals surface area contributed by atoms with E-state index in [0.717, 1.165) is 24.1 Å². The zero-order valence-electron chi connectivity index (χ0n) is 13.1. The Hall–Kier alpha value is -1.39. The van der Waals surface area contributed by atoms with Crippen LogP contribution in [0.5, 0.6) is 0 Å². The number of benzene rings is 1. The largest absolute Gasteiger partial charge is 0.392 e. The Labute approximate surface area is 126 Å². The molecule has 4 heteroatoms. The highest BCUT2D eigenvalue weighted by molar-refractivity contribution is 5.93. The minimum absolute atomic E-state index is 0.0233. The molecular formula is C17H26N2O2. The fraction of sp³-hybridized carbons (Fsp3) is 0.588. The van der Waals surface area contributed by atoms with Crippen molar-refractivity contribution in [3.8, 4) is 0 Å². The third-order valence-electron chi connectivity index (χ3n) is 5.20. The van der Waals surface area contributed by atoms with Gasteiger partial charge in [-0.2, -0.15) is 0 Å². The summed E-state index contributed by atoms with van der Waals surface area (Å²) in [5, 5.41) is 12.2. The van der Waals surface area contributed by atoms with E-state index in [0.29, 0.717) is 5.92 Å². The fourth-order valence-electron chi connectivity index (χ4n) is 3.30. The number of carbonyl (C=O) groups excluding carboxylic acids is 1. The quantitative estimate of drug-likeness (QED) is 0.800. The number of carbonyl (C=O) groups is 1. The van der Waals surface area contributed by atoms with Crippen LogP contribution in [0.15, 0.2) is 24.3 Å². The number of aliphatic hydroxyl groups excluding tert-OH is 1. The minimum Gasteiger partial charge on any atom is -0.392 e. The number of amides is 1. The van der Waals surface area contributed by atoms with Gasteiger partial charge in [-0.1, -0.05) is 32.9 Å². The highest BCUT2D eigenvalue weighted by Crippen LogP contribution is 2.44. The van der Waals surface area contributed by atoms with Crippen LogP contribution in [0.25, 0.3) is 0 Å². The standard InChI is InChI=1S/C17H26N2O2/c1-11-15(18)8-7-14(17(11,2)3)16(21)19-13-6-4-5-12(9-13)10-20/h4-6,9,11,14-15,20H,7-8,10,18H2,1-3H3,(H,19,21). The van der Waals surface area contributed by atoms with Crippen LogP contribution in [0.3, 0.4) is 0 Å². The van der Waals surface area contributed by atoms with Crippen molar-refractivity contribution in [1.82, 2.24) is 0 Å². The molecule has 1 aromatic rings. The van der Waals surface area contributed by atoms with E-state index < -0.39 is 0 Å². The maximum atomic E-state index is 12.6. The van der Waals surface area contributed by atoms with Gasteiger partial charge in [0, 0.05) is 17.6 Å². The Morgan fingerprint density at radius 3 is 2.81 bits per heavy atom. The minimum atomic E-state index is -0.115. The van der Waals surface area contributed by atoms with Gasteiger partial charge in [0.25, 0.3) is 0 Å². The summed E-state index contributed by atoms with van der Waals surface area (Å²) in [6.45, 7) is 6.37. The van der Waals surface area contributed by atoms with Crippen molar-refractivity contribution in [3.05, 3.63) is 29.8 Å². The average Bonchev–Trinajstić information content (AvgIpc) is 2.45. The molecule has 3 atom stereocenters. The second kappa shape index (κ2) is 6.16. The third-order valence-corrected chi connectivity index (χ3v) is 5.20. The molecule has 1 saturated carbocycles. The molecule has 1 aromatic carbocycles. The van der Waals surface area contributed by atoms with Crippen LogP contribution in [-0.2, 0) is 11.4 Å². The lowest BCUT2D eigenvalue weighted by Gasteiger charge is -2.46. The first kappa shape index (κ1) is 16.0.